The average molecular weight is 271 g/mol. The fraction of sp³-hybridized carbons (Fsp3) is 0.684. The lowest BCUT2D eigenvalue weighted by Crippen LogP contribution is -2.39. The van der Waals surface area contributed by atoms with Gasteiger partial charge in [-0.25, -0.2) is 0 Å². The molecule has 110 valence electrons. The van der Waals surface area contributed by atoms with Crippen LogP contribution < -0.4 is 5.32 Å². The minimum atomic E-state index is 0.338. The van der Waals surface area contributed by atoms with E-state index in [9.17, 15) is 0 Å². The van der Waals surface area contributed by atoms with Crippen molar-refractivity contribution in [3.63, 3.8) is 0 Å². The third kappa shape index (κ3) is 2.53. The summed E-state index contributed by atoms with van der Waals surface area (Å²) >= 11 is 0. The van der Waals surface area contributed by atoms with Crippen LogP contribution in [0.4, 0.5) is 0 Å². The van der Waals surface area contributed by atoms with Gasteiger partial charge in [-0.05, 0) is 62.5 Å². The lowest BCUT2D eigenvalue weighted by molar-refractivity contribution is 0.229. The van der Waals surface area contributed by atoms with Gasteiger partial charge in [-0.15, -0.1) is 0 Å². The second-order valence-corrected chi connectivity index (χ2v) is 7.17. The third-order valence-corrected chi connectivity index (χ3v) is 6.12. The van der Waals surface area contributed by atoms with Crippen molar-refractivity contribution in [1.29, 1.82) is 0 Å². The summed E-state index contributed by atoms with van der Waals surface area (Å²) in [4.78, 5) is 0. The molecule has 2 aliphatic rings. The standard InChI is InChI=1S/C19H29N/c1-3-19(14-20-2,18-7-5-4-6-8-18)13-17-12-15-9-10-16(17)11-15/h4-8,15-17,20H,3,9-14H2,1-2H3. The first-order valence-corrected chi connectivity index (χ1v) is 8.47. The zero-order chi connectivity index (χ0) is 14.0. The molecule has 2 aliphatic carbocycles. The molecule has 1 N–H and O–H groups in total. The van der Waals surface area contributed by atoms with Gasteiger partial charge in [-0.3, -0.25) is 0 Å². The average Bonchev–Trinajstić information content (AvgIpc) is 3.10. The van der Waals surface area contributed by atoms with Gasteiger partial charge >= 0.3 is 0 Å². The van der Waals surface area contributed by atoms with E-state index in [-0.39, 0.29) is 0 Å². The highest BCUT2D eigenvalue weighted by atomic mass is 14.8. The van der Waals surface area contributed by atoms with Gasteiger partial charge in [0.15, 0.2) is 0 Å². The predicted octanol–water partition coefficient (Wildman–Crippen LogP) is 4.38. The molecule has 0 amide bonds. The Hall–Kier alpha value is -0.820. The molecule has 4 unspecified atom stereocenters. The smallest absolute Gasteiger partial charge is 0.00777 e. The van der Waals surface area contributed by atoms with Crippen molar-refractivity contribution in [3.05, 3.63) is 35.9 Å². The molecule has 3 rings (SSSR count). The molecule has 1 heteroatoms. The number of benzene rings is 1. The van der Waals surface area contributed by atoms with Gasteiger partial charge in [0.2, 0.25) is 0 Å². The van der Waals surface area contributed by atoms with Crippen molar-refractivity contribution in [3.8, 4) is 0 Å². The molecule has 20 heavy (non-hydrogen) atoms. The van der Waals surface area contributed by atoms with Gasteiger partial charge in [-0.2, -0.15) is 0 Å². The quantitative estimate of drug-likeness (QED) is 0.809. The molecule has 0 aliphatic heterocycles. The molecule has 0 aromatic heterocycles. The van der Waals surface area contributed by atoms with E-state index in [4.69, 9.17) is 0 Å². The molecule has 2 fully saturated rings. The summed E-state index contributed by atoms with van der Waals surface area (Å²) in [5.74, 6) is 3.07. The molecule has 0 spiro atoms. The normalized spacial score (nSPS) is 31.4. The Morgan fingerprint density at radius 1 is 1.15 bits per heavy atom. The van der Waals surface area contributed by atoms with Crippen LogP contribution in [-0.4, -0.2) is 13.6 Å². The second kappa shape index (κ2) is 5.89. The van der Waals surface area contributed by atoms with Gasteiger partial charge in [0.1, 0.15) is 0 Å². The summed E-state index contributed by atoms with van der Waals surface area (Å²) in [7, 11) is 2.11. The van der Waals surface area contributed by atoms with Gasteiger partial charge in [0.05, 0.1) is 0 Å². The molecule has 1 aromatic carbocycles. The summed E-state index contributed by atoms with van der Waals surface area (Å²) in [6.45, 7) is 3.49. The Labute approximate surface area is 124 Å². The highest BCUT2D eigenvalue weighted by Gasteiger charge is 2.43. The number of rotatable bonds is 6. The van der Waals surface area contributed by atoms with E-state index in [0.717, 1.165) is 24.3 Å². The lowest BCUT2D eigenvalue weighted by Gasteiger charge is -2.38. The zero-order valence-electron chi connectivity index (χ0n) is 13.1. The molecule has 1 aromatic rings. The van der Waals surface area contributed by atoms with E-state index >= 15 is 0 Å². The Morgan fingerprint density at radius 2 is 1.95 bits per heavy atom. The maximum Gasteiger partial charge on any atom is 0.00777 e. The maximum atomic E-state index is 3.48. The molecule has 1 nitrogen and oxygen atoms in total. The highest BCUT2D eigenvalue weighted by Crippen LogP contribution is 2.52. The molecular formula is C19H29N. The number of nitrogens with one attached hydrogen (secondary N) is 1. The fourth-order valence-corrected chi connectivity index (χ4v) is 5.02. The van der Waals surface area contributed by atoms with E-state index in [1.807, 2.05) is 0 Å². The Morgan fingerprint density at radius 3 is 2.50 bits per heavy atom. The van der Waals surface area contributed by atoms with E-state index in [2.05, 4.69) is 49.6 Å². The predicted molar refractivity (Wildman–Crippen MR) is 85.9 cm³/mol. The number of hydrogen-bond acceptors (Lipinski definition) is 1. The van der Waals surface area contributed by atoms with Crippen LogP contribution in [0.5, 0.6) is 0 Å². The SMILES string of the molecule is CCC(CNC)(CC1CC2CCC1C2)c1ccccc1. The van der Waals surface area contributed by atoms with Crippen LogP contribution in [0.15, 0.2) is 30.3 Å². The lowest BCUT2D eigenvalue weighted by atomic mass is 9.68. The van der Waals surface area contributed by atoms with Gasteiger partial charge in [0.25, 0.3) is 0 Å². The Bertz CT molecular complexity index is 427. The first-order valence-electron chi connectivity index (χ1n) is 8.47. The second-order valence-electron chi connectivity index (χ2n) is 7.17. The van der Waals surface area contributed by atoms with Crippen LogP contribution in [0.2, 0.25) is 0 Å². The minimum absolute atomic E-state index is 0.338. The summed E-state index contributed by atoms with van der Waals surface area (Å²) in [6.07, 6.45) is 8.67. The van der Waals surface area contributed by atoms with Gasteiger partial charge < -0.3 is 5.32 Å². The van der Waals surface area contributed by atoms with Crippen molar-refractivity contribution in [2.75, 3.05) is 13.6 Å². The number of hydrogen-bond donors (Lipinski definition) is 1. The Kier molecular flexibility index (Phi) is 4.16. The van der Waals surface area contributed by atoms with Crippen molar-refractivity contribution in [1.82, 2.24) is 5.32 Å². The van der Waals surface area contributed by atoms with Crippen LogP contribution in [0.1, 0.15) is 51.0 Å². The molecule has 2 saturated carbocycles. The van der Waals surface area contributed by atoms with Crippen LogP contribution >= 0.6 is 0 Å². The van der Waals surface area contributed by atoms with Crippen molar-refractivity contribution in [2.24, 2.45) is 17.8 Å². The summed E-state index contributed by atoms with van der Waals surface area (Å²) in [5.41, 5.74) is 1.88. The summed E-state index contributed by atoms with van der Waals surface area (Å²) < 4.78 is 0. The number of fused-ring (bicyclic) bond motifs is 2. The fourth-order valence-electron chi connectivity index (χ4n) is 5.02. The molecular weight excluding hydrogens is 242 g/mol. The van der Waals surface area contributed by atoms with Crippen LogP contribution in [0.25, 0.3) is 0 Å². The topological polar surface area (TPSA) is 12.0 Å². The van der Waals surface area contributed by atoms with Gasteiger partial charge in [-0.1, -0.05) is 43.7 Å². The first kappa shape index (κ1) is 14.1. The third-order valence-electron chi connectivity index (χ3n) is 6.12. The molecule has 0 radical (unpaired) electrons. The van der Waals surface area contributed by atoms with E-state index < -0.39 is 0 Å². The van der Waals surface area contributed by atoms with E-state index in [1.54, 1.807) is 5.56 Å². The van der Waals surface area contributed by atoms with Crippen molar-refractivity contribution in [2.45, 2.75) is 50.9 Å². The van der Waals surface area contributed by atoms with E-state index in [0.29, 0.717) is 5.41 Å². The van der Waals surface area contributed by atoms with Crippen molar-refractivity contribution >= 4 is 0 Å². The van der Waals surface area contributed by atoms with E-state index in [1.165, 1.54) is 38.5 Å². The molecule has 2 bridgehead atoms. The first-order chi connectivity index (χ1) is 9.77. The molecule has 0 heterocycles. The van der Waals surface area contributed by atoms with Crippen LogP contribution in [0, 0.1) is 17.8 Å². The maximum absolute atomic E-state index is 3.48. The van der Waals surface area contributed by atoms with Crippen LogP contribution in [-0.2, 0) is 5.41 Å². The highest BCUT2D eigenvalue weighted by molar-refractivity contribution is 5.26. The monoisotopic (exact) mass is 271 g/mol. The van der Waals surface area contributed by atoms with Crippen molar-refractivity contribution < 1.29 is 0 Å². The Balaban J connectivity index is 1.82. The minimum Gasteiger partial charge on any atom is -0.319 e. The summed E-state index contributed by atoms with van der Waals surface area (Å²) in [5, 5.41) is 3.48. The number of likely N-dealkylation sites (N-methyl/N-ethyl adjacent to an activating group) is 1. The molecule has 4 atom stereocenters. The summed E-state index contributed by atoms with van der Waals surface area (Å²) in [6, 6.07) is 11.2. The largest absolute Gasteiger partial charge is 0.319 e. The van der Waals surface area contributed by atoms with Gasteiger partial charge in [0, 0.05) is 12.0 Å². The van der Waals surface area contributed by atoms with Crippen LogP contribution in [0.3, 0.4) is 0 Å². The molecule has 0 saturated heterocycles. The zero-order valence-corrected chi connectivity index (χ0v) is 13.1.